The molecule has 5 heterocycles. The number of carbonyl (C=O) groups is 1. The third kappa shape index (κ3) is 3.31. The Morgan fingerprint density at radius 1 is 1.25 bits per heavy atom. The number of halogens is 1. The lowest BCUT2D eigenvalue weighted by Gasteiger charge is -2.35. The number of hydrogen-bond acceptors (Lipinski definition) is 5. The Balaban J connectivity index is 1.49. The van der Waals surface area contributed by atoms with Gasteiger partial charge in [0.05, 0.1) is 10.5 Å². The first-order chi connectivity index (χ1) is 11.7. The monoisotopic (exact) mass is 362 g/mol. The van der Waals surface area contributed by atoms with Gasteiger partial charge in [0.15, 0.2) is 0 Å². The molecule has 2 bridgehead atoms. The van der Waals surface area contributed by atoms with Crippen molar-refractivity contribution in [2.24, 2.45) is 5.92 Å². The van der Waals surface area contributed by atoms with Crippen molar-refractivity contribution in [2.75, 3.05) is 19.6 Å². The summed E-state index contributed by atoms with van der Waals surface area (Å²) in [6.07, 6.45) is 7.06. The van der Waals surface area contributed by atoms with Crippen LogP contribution >= 0.6 is 22.9 Å². The van der Waals surface area contributed by atoms with Gasteiger partial charge >= 0.3 is 0 Å². The molecular weight excluding hydrogens is 344 g/mol. The summed E-state index contributed by atoms with van der Waals surface area (Å²) in [5.74, 6) is 0.529. The Morgan fingerprint density at radius 2 is 2.17 bits per heavy atom. The lowest BCUT2D eigenvalue weighted by atomic mass is 9.95. The molecule has 24 heavy (non-hydrogen) atoms. The first kappa shape index (κ1) is 16.0. The molecule has 1 amide bonds. The van der Waals surface area contributed by atoms with Gasteiger partial charge in [0.1, 0.15) is 5.69 Å². The second-order valence-corrected chi connectivity index (χ2v) is 8.33. The van der Waals surface area contributed by atoms with Gasteiger partial charge in [0.25, 0.3) is 5.91 Å². The van der Waals surface area contributed by atoms with E-state index in [1.54, 1.807) is 29.9 Å². The normalized spacial score (nSPS) is 24.1. The Morgan fingerprint density at radius 3 is 2.92 bits per heavy atom. The molecule has 7 heteroatoms. The third-order valence-corrected chi connectivity index (χ3v) is 6.10. The highest BCUT2D eigenvalue weighted by atomic mass is 35.5. The van der Waals surface area contributed by atoms with Crippen LogP contribution < -0.4 is 0 Å². The highest BCUT2D eigenvalue weighted by molar-refractivity contribution is 7.16. The van der Waals surface area contributed by atoms with E-state index in [9.17, 15) is 4.79 Å². The summed E-state index contributed by atoms with van der Waals surface area (Å²) >= 11 is 7.70. The number of carbonyl (C=O) groups excluding carboxylic acids is 1. The fraction of sp³-hybridized carbons (Fsp3) is 0.471. The number of thiophene rings is 1. The summed E-state index contributed by atoms with van der Waals surface area (Å²) in [5.41, 5.74) is 0.440. The van der Waals surface area contributed by atoms with E-state index in [2.05, 4.69) is 20.9 Å². The van der Waals surface area contributed by atoms with E-state index in [1.807, 2.05) is 11.0 Å². The summed E-state index contributed by atoms with van der Waals surface area (Å²) in [6, 6.07) is 4.47. The summed E-state index contributed by atoms with van der Waals surface area (Å²) in [5, 5.41) is 0. The average molecular weight is 363 g/mol. The number of aromatic nitrogens is 2. The lowest BCUT2D eigenvalue weighted by Crippen LogP contribution is -2.43. The van der Waals surface area contributed by atoms with Crippen molar-refractivity contribution in [3.05, 3.63) is 45.6 Å². The first-order valence-electron chi connectivity index (χ1n) is 8.22. The van der Waals surface area contributed by atoms with Gasteiger partial charge < -0.3 is 4.90 Å². The van der Waals surface area contributed by atoms with Gasteiger partial charge in [-0.3, -0.25) is 14.7 Å². The molecule has 126 valence electrons. The topological polar surface area (TPSA) is 49.3 Å². The highest BCUT2D eigenvalue weighted by Crippen LogP contribution is 2.31. The van der Waals surface area contributed by atoms with Crippen LogP contribution in [0.1, 0.15) is 28.2 Å². The van der Waals surface area contributed by atoms with Crippen LogP contribution in [0.3, 0.4) is 0 Å². The number of rotatable bonds is 3. The van der Waals surface area contributed by atoms with Crippen LogP contribution in [0.15, 0.2) is 30.7 Å². The Labute approximate surface area is 150 Å². The molecule has 0 aromatic carbocycles. The summed E-state index contributed by atoms with van der Waals surface area (Å²) in [4.78, 5) is 26.7. The Bertz CT molecular complexity index is 722. The molecule has 0 radical (unpaired) electrons. The maximum absolute atomic E-state index is 12.7. The molecule has 2 aromatic rings. The molecular formula is C17H19ClN4OS. The number of hydrogen-bond donors (Lipinski definition) is 0. The van der Waals surface area contributed by atoms with Gasteiger partial charge in [-0.05, 0) is 30.9 Å². The van der Waals surface area contributed by atoms with Crippen molar-refractivity contribution in [3.63, 3.8) is 0 Å². The minimum absolute atomic E-state index is 0.000943. The predicted octanol–water partition coefficient (Wildman–Crippen LogP) is 2.93. The molecule has 5 rings (SSSR count). The van der Waals surface area contributed by atoms with Gasteiger partial charge in [-0.2, -0.15) is 0 Å². The van der Waals surface area contributed by atoms with Crippen LogP contribution in [-0.2, 0) is 6.54 Å². The second-order valence-electron chi connectivity index (χ2n) is 6.53. The predicted molar refractivity (Wildman–Crippen MR) is 94.2 cm³/mol. The maximum Gasteiger partial charge on any atom is 0.274 e. The standard InChI is InChI=1S/C17H19ClN4OS/c18-16-4-3-14(24-16)11-21-8-12-1-2-13(21)10-22(9-12)17(23)15-7-19-5-6-20-15/h3-7,12-13H,1-2,8-11H2/t12-,13-/m1/s1. The van der Waals surface area contributed by atoms with E-state index in [4.69, 9.17) is 11.6 Å². The zero-order valence-electron chi connectivity index (χ0n) is 13.3. The fourth-order valence-corrected chi connectivity index (χ4v) is 4.86. The number of nitrogens with zero attached hydrogens (tertiary/aromatic N) is 4. The largest absolute Gasteiger partial charge is 0.335 e. The van der Waals surface area contributed by atoms with E-state index < -0.39 is 0 Å². The van der Waals surface area contributed by atoms with E-state index in [0.29, 0.717) is 17.7 Å². The van der Waals surface area contributed by atoms with E-state index in [0.717, 1.165) is 36.9 Å². The van der Waals surface area contributed by atoms with Gasteiger partial charge in [-0.1, -0.05) is 11.6 Å². The van der Waals surface area contributed by atoms with Crippen molar-refractivity contribution in [3.8, 4) is 0 Å². The van der Waals surface area contributed by atoms with Crippen LogP contribution in [0.5, 0.6) is 0 Å². The Kier molecular flexibility index (Phi) is 4.52. The molecule has 0 spiro atoms. The smallest absolute Gasteiger partial charge is 0.274 e. The van der Waals surface area contributed by atoms with Crippen LogP contribution in [0.4, 0.5) is 0 Å². The quantitative estimate of drug-likeness (QED) is 0.842. The van der Waals surface area contributed by atoms with Crippen LogP contribution in [0.25, 0.3) is 0 Å². The van der Waals surface area contributed by atoms with Crippen molar-refractivity contribution in [2.45, 2.75) is 25.4 Å². The molecule has 2 atom stereocenters. The molecule has 0 unspecified atom stereocenters. The van der Waals surface area contributed by atoms with Crippen molar-refractivity contribution < 1.29 is 4.79 Å². The van der Waals surface area contributed by atoms with Crippen LogP contribution in [0, 0.1) is 5.92 Å². The average Bonchev–Trinajstić information content (AvgIpc) is 2.82. The van der Waals surface area contributed by atoms with Gasteiger partial charge in [0.2, 0.25) is 0 Å². The molecule has 5 nitrogen and oxygen atoms in total. The summed E-state index contributed by atoms with van der Waals surface area (Å²) < 4.78 is 0.837. The van der Waals surface area contributed by atoms with Gasteiger partial charge in [-0.15, -0.1) is 11.3 Å². The van der Waals surface area contributed by atoms with Crippen molar-refractivity contribution in [1.29, 1.82) is 0 Å². The zero-order chi connectivity index (χ0) is 16.5. The van der Waals surface area contributed by atoms with Gasteiger partial charge in [0, 0.05) is 49.5 Å². The van der Waals surface area contributed by atoms with Crippen molar-refractivity contribution in [1.82, 2.24) is 19.8 Å². The first-order valence-corrected chi connectivity index (χ1v) is 9.42. The fourth-order valence-electron chi connectivity index (χ4n) is 3.75. The number of piperidine rings is 1. The van der Waals surface area contributed by atoms with Crippen LogP contribution in [-0.4, -0.2) is 51.4 Å². The molecule has 2 aromatic heterocycles. The molecule has 3 fully saturated rings. The van der Waals surface area contributed by atoms with Gasteiger partial charge in [-0.25, -0.2) is 4.98 Å². The molecule has 0 saturated carbocycles. The summed E-state index contributed by atoms with van der Waals surface area (Å²) in [7, 11) is 0. The molecule has 3 aliphatic rings. The molecule has 0 N–H and O–H groups in total. The minimum atomic E-state index is 0.000943. The molecule has 3 saturated heterocycles. The van der Waals surface area contributed by atoms with E-state index >= 15 is 0 Å². The lowest BCUT2D eigenvalue weighted by molar-refractivity contribution is 0.0730. The zero-order valence-corrected chi connectivity index (χ0v) is 14.8. The number of amides is 1. The maximum atomic E-state index is 12.7. The third-order valence-electron chi connectivity index (χ3n) is 4.88. The van der Waals surface area contributed by atoms with Crippen molar-refractivity contribution >= 4 is 28.8 Å². The summed E-state index contributed by atoms with van der Waals surface area (Å²) in [6.45, 7) is 3.55. The molecule has 0 aliphatic carbocycles. The molecule has 3 aliphatic heterocycles. The number of fused-ring (bicyclic) bond motifs is 4. The minimum Gasteiger partial charge on any atom is -0.335 e. The second kappa shape index (κ2) is 6.78. The van der Waals surface area contributed by atoms with E-state index in [-0.39, 0.29) is 5.91 Å². The highest BCUT2D eigenvalue weighted by Gasteiger charge is 2.37. The van der Waals surface area contributed by atoms with E-state index in [1.165, 1.54) is 11.3 Å². The Hall–Kier alpha value is -1.50. The SMILES string of the molecule is O=C(c1cnccn1)N1C[C@@H]2CC[C@H](C1)N(Cc1ccc(Cl)s1)C2. The van der Waals surface area contributed by atoms with Crippen LogP contribution in [0.2, 0.25) is 4.34 Å².